The van der Waals surface area contributed by atoms with Crippen molar-refractivity contribution in [3.63, 3.8) is 0 Å². The van der Waals surface area contributed by atoms with Gasteiger partial charge in [0.2, 0.25) is 0 Å². The van der Waals surface area contributed by atoms with E-state index < -0.39 is 10.9 Å². The lowest BCUT2D eigenvalue weighted by Gasteiger charge is -2.24. The molecule has 0 amide bonds. The number of halogens is 2. The predicted molar refractivity (Wildman–Crippen MR) is 119 cm³/mol. The number of aromatic carboxylic acids is 1. The summed E-state index contributed by atoms with van der Waals surface area (Å²) in [7, 11) is 0. The molecule has 4 unspecified atom stereocenters. The number of allylic oxidation sites excluding steroid dienone is 1. The predicted octanol–water partition coefficient (Wildman–Crippen LogP) is 5.92. The van der Waals surface area contributed by atoms with E-state index in [9.17, 15) is 14.9 Å². The van der Waals surface area contributed by atoms with Crippen LogP contribution in [0.1, 0.15) is 44.9 Å². The number of rotatable bonds is 8. The normalized spacial score (nSPS) is 23.4. The molecule has 3 rings (SSSR count). The van der Waals surface area contributed by atoms with Crippen LogP contribution in [0.15, 0.2) is 36.9 Å². The molecule has 0 aliphatic heterocycles. The monoisotopic (exact) mass is 469 g/mol. The Morgan fingerprint density at radius 1 is 1.33 bits per heavy atom. The van der Waals surface area contributed by atoms with E-state index in [2.05, 4.69) is 6.58 Å². The summed E-state index contributed by atoms with van der Waals surface area (Å²) in [6.45, 7) is 6.16. The second-order valence-corrected chi connectivity index (χ2v) is 9.64. The molecular weight excluding hydrogens is 449 g/mol. The van der Waals surface area contributed by atoms with Gasteiger partial charge in [-0.05, 0) is 31.0 Å². The van der Waals surface area contributed by atoms with Crippen molar-refractivity contribution in [2.24, 2.45) is 5.92 Å². The first-order valence-corrected chi connectivity index (χ1v) is 11.0. The molecule has 1 saturated carbocycles. The first-order chi connectivity index (χ1) is 14.2. The summed E-state index contributed by atoms with van der Waals surface area (Å²) in [5, 5.41) is 20.1. The Labute approximate surface area is 188 Å². The Morgan fingerprint density at radius 3 is 2.67 bits per heavy atom. The minimum atomic E-state index is -0.974. The Morgan fingerprint density at radius 2 is 2.07 bits per heavy atom. The topological polar surface area (TPSA) is 89.7 Å². The lowest BCUT2D eigenvalue weighted by atomic mass is 9.87. The van der Waals surface area contributed by atoms with Crippen LogP contribution in [-0.2, 0) is 11.3 Å². The summed E-state index contributed by atoms with van der Waals surface area (Å²) in [6.07, 6.45) is 0.517. The fourth-order valence-corrected chi connectivity index (χ4v) is 5.59. The molecule has 1 fully saturated rings. The maximum atomic E-state index is 11.7. The van der Waals surface area contributed by atoms with Gasteiger partial charge in [-0.25, -0.2) is 4.79 Å². The molecule has 0 saturated heterocycles. The van der Waals surface area contributed by atoms with Gasteiger partial charge in [0.15, 0.2) is 0 Å². The summed E-state index contributed by atoms with van der Waals surface area (Å²) < 4.78 is 5.82. The van der Waals surface area contributed by atoms with Gasteiger partial charge in [0.25, 0.3) is 5.69 Å². The van der Waals surface area contributed by atoms with Crippen LogP contribution in [0, 0.1) is 16.0 Å². The zero-order valence-electron chi connectivity index (χ0n) is 16.2. The fourth-order valence-electron chi connectivity index (χ4n) is 3.78. The molecule has 2 aromatic rings. The number of thiophene rings is 1. The Balaban J connectivity index is 1.80. The molecular formula is C21H21Cl2NO5S. The zero-order chi connectivity index (χ0) is 22.0. The van der Waals surface area contributed by atoms with Gasteiger partial charge in [0.05, 0.1) is 18.1 Å². The second-order valence-electron chi connectivity index (χ2n) is 7.35. The van der Waals surface area contributed by atoms with Crippen molar-refractivity contribution >= 4 is 51.8 Å². The molecule has 1 heterocycles. The van der Waals surface area contributed by atoms with Gasteiger partial charge in [-0.15, -0.1) is 34.5 Å². The number of hydrogen-bond donors (Lipinski definition) is 1. The van der Waals surface area contributed by atoms with Gasteiger partial charge in [-0.2, -0.15) is 0 Å². The molecule has 0 bridgehead atoms. The van der Waals surface area contributed by atoms with Crippen LogP contribution in [0.3, 0.4) is 0 Å². The summed E-state index contributed by atoms with van der Waals surface area (Å²) in [5.41, 5.74) is 2.00. The molecule has 0 radical (unpaired) electrons. The Bertz CT molecular complexity index is 976. The van der Waals surface area contributed by atoms with E-state index in [1.54, 1.807) is 19.1 Å². The lowest BCUT2D eigenvalue weighted by molar-refractivity contribution is -0.385. The SMILES string of the molecule is C=C(C)c1ccc(C2C(Cl)CC(Cl)C2COCc2ccc(C(=O)O)s2)c([N+](=O)[O-])c1. The van der Waals surface area contributed by atoms with Crippen LogP contribution in [0.25, 0.3) is 5.57 Å². The standard InChI is InChI=1S/C21H21Cl2NO5S/c1-11(2)12-3-5-14(18(7-12)24(27)28)20-15(16(22)8-17(20)23)10-29-9-13-4-6-19(30-13)21(25)26/h3-7,15-17,20H,1,8-10H2,2H3,(H,25,26). The van der Waals surface area contributed by atoms with Crippen molar-refractivity contribution < 1.29 is 19.6 Å². The number of benzene rings is 1. The van der Waals surface area contributed by atoms with Gasteiger partial charge in [-0.1, -0.05) is 24.3 Å². The number of carbonyl (C=O) groups is 1. The van der Waals surface area contributed by atoms with Gasteiger partial charge in [-0.3, -0.25) is 10.1 Å². The number of nitrogens with zero attached hydrogens (tertiary/aromatic N) is 1. The van der Waals surface area contributed by atoms with E-state index in [0.717, 1.165) is 21.8 Å². The molecule has 30 heavy (non-hydrogen) atoms. The molecule has 160 valence electrons. The summed E-state index contributed by atoms with van der Waals surface area (Å²) >= 11 is 14.3. The van der Waals surface area contributed by atoms with Crippen molar-refractivity contribution in [2.75, 3.05) is 6.61 Å². The molecule has 1 aromatic heterocycles. The lowest BCUT2D eigenvalue weighted by Crippen LogP contribution is -2.22. The van der Waals surface area contributed by atoms with Crippen LogP contribution < -0.4 is 0 Å². The molecule has 1 aliphatic rings. The van der Waals surface area contributed by atoms with Crippen molar-refractivity contribution in [2.45, 2.75) is 36.6 Å². The third-order valence-electron chi connectivity index (χ3n) is 5.27. The molecule has 6 nitrogen and oxygen atoms in total. The van der Waals surface area contributed by atoms with E-state index in [-0.39, 0.29) is 46.4 Å². The highest BCUT2D eigenvalue weighted by Crippen LogP contribution is 2.48. The van der Waals surface area contributed by atoms with Crippen LogP contribution in [0.2, 0.25) is 0 Å². The van der Waals surface area contributed by atoms with Gasteiger partial charge >= 0.3 is 5.97 Å². The number of carboxylic acid groups (broad SMARTS) is 1. The summed E-state index contributed by atoms with van der Waals surface area (Å²) in [5.74, 6) is -1.51. The highest BCUT2D eigenvalue weighted by molar-refractivity contribution is 7.13. The third-order valence-corrected chi connectivity index (χ3v) is 7.27. The summed E-state index contributed by atoms with van der Waals surface area (Å²) in [4.78, 5) is 23.4. The van der Waals surface area contributed by atoms with Crippen LogP contribution >= 0.6 is 34.5 Å². The Kier molecular flexibility index (Phi) is 7.18. The van der Waals surface area contributed by atoms with E-state index >= 15 is 0 Å². The van der Waals surface area contributed by atoms with Gasteiger partial charge in [0, 0.05) is 39.1 Å². The van der Waals surface area contributed by atoms with E-state index in [0.29, 0.717) is 17.5 Å². The van der Waals surface area contributed by atoms with E-state index in [1.165, 1.54) is 12.1 Å². The maximum absolute atomic E-state index is 11.7. The first kappa shape index (κ1) is 22.7. The molecule has 1 aliphatic carbocycles. The van der Waals surface area contributed by atoms with Crippen molar-refractivity contribution in [3.05, 3.63) is 67.9 Å². The van der Waals surface area contributed by atoms with Crippen LogP contribution in [0.4, 0.5) is 5.69 Å². The van der Waals surface area contributed by atoms with Crippen molar-refractivity contribution in [1.82, 2.24) is 0 Å². The fraction of sp³-hybridized carbons (Fsp3) is 0.381. The van der Waals surface area contributed by atoms with E-state index in [4.69, 9.17) is 33.0 Å². The largest absolute Gasteiger partial charge is 0.477 e. The number of alkyl halides is 2. The van der Waals surface area contributed by atoms with E-state index in [1.807, 2.05) is 6.07 Å². The summed E-state index contributed by atoms with van der Waals surface area (Å²) in [6, 6.07) is 8.33. The number of hydrogen-bond acceptors (Lipinski definition) is 5. The smallest absolute Gasteiger partial charge is 0.345 e. The molecule has 4 atom stereocenters. The van der Waals surface area contributed by atoms with Crippen LogP contribution in [0.5, 0.6) is 0 Å². The van der Waals surface area contributed by atoms with Crippen molar-refractivity contribution in [3.8, 4) is 0 Å². The van der Waals surface area contributed by atoms with Gasteiger partial charge in [0.1, 0.15) is 4.88 Å². The molecule has 9 heteroatoms. The average molecular weight is 470 g/mol. The minimum absolute atomic E-state index is 0.00581. The first-order valence-electron chi connectivity index (χ1n) is 9.31. The highest BCUT2D eigenvalue weighted by Gasteiger charge is 2.45. The van der Waals surface area contributed by atoms with Crippen LogP contribution in [-0.4, -0.2) is 33.4 Å². The molecule has 1 N–H and O–H groups in total. The number of ether oxygens (including phenoxy) is 1. The second kappa shape index (κ2) is 9.47. The van der Waals surface area contributed by atoms with Crippen molar-refractivity contribution in [1.29, 1.82) is 0 Å². The molecule has 1 aromatic carbocycles. The Hall–Kier alpha value is -1.93. The number of nitro groups is 1. The van der Waals surface area contributed by atoms with Gasteiger partial charge < -0.3 is 9.84 Å². The number of nitro benzene ring substituents is 1. The number of carboxylic acids is 1. The quantitative estimate of drug-likeness (QED) is 0.294. The third kappa shape index (κ3) is 4.86. The average Bonchev–Trinajstić information content (AvgIpc) is 3.26. The highest BCUT2D eigenvalue weighted by atomic mass is 35.5. The minimum Gasteiger partial charge on any atom is -0.477 e. The zero-order valence-corrected chi connectivity index (χ0v) is 18.5. The maximum Gasteiger partial charge on any atom is 0.345 e. The molecule has 0 spiro atoms.